The van der Waals surface area contributed by atoms with Gasteiger partial charge in [0, 0.05) is 10.4 Å². The Balaban J connectivity index is 1.84. The van der Waals surface area contributed by atoms with E-state index < -0.39 is 0 Å². The molecule has 0 spiro atoms. The molecule has 0 bridgehead atoms. The summed E-state index contributed by atoms with van der Waals surface area (Å²) in [5, 5.41) is 11.3. The summed E-state index contributed by atoms with van der Waals surface area (Å²) in [4.78, 5) is 4.61. The van der Waals surface area contributed by atoms with Gasteiger partial charge in [0.25, 0.3) is 0 Å². The Bertz CT molecular complexity index is 855. The van der Waals surface area contributed by atoms with Crippen molar-refractivity contribution in [3.8, 4) is 0 Å². The summed E-state index contributed by atoms with van der Waals surface area (Å²) in [5.41, 5.74) is 4.00. The summed E-state index contributed by atoms with van der Waals surface area (Å²) in [6.45, 7) is 1.80. The van der Waals surface area contributed by atoms with Crippen LogP contribution in [-0.4, -0.2) is 16.2 Å². The molecule has 0 aliphatic carbocycles. The number of hydrogen-bond donors (Lipinski definition) is 1. The van der Waals surface area contributed by atoms with Gasteiger partial charge in [0.2, 0.25) is 0 Å². The minimum atomic E-state index is -0.332. The van der Waals surface area contributed by atoms with Crippen LogP contribution in [-0.2, 0) is 6.42 Å². The molecule has 1 N–H and O–H groups in total. The molecule has 1 atom stereocenters. The third-order valence-corrected chi connectivity index (χ3v) is 3.84. The lowest BCUT2D eigenvalue weighted by Gasteiger charge is -2.05. The molecule has 0 saturated carbocycles. The van der Waals surface area contributed by atoms with Gasteiger partial charge < -0.3 is 5.11 Å². The van der Waals surface area contributed by atoms with Crippen molar-refractivity contribution in [3.05, 3.63) is 76.4 Å². The number of benzene rings is 2. The number of aromatic nitrogens is 1. The Morgan fingerprint density at radius 2 is 1.91 bits per heavy atom. The van der Waals surface area contributed by atoms with Gasteiger partial charge in [0.15, 0.2) is 0 Å². The van der Waals surface area contributed by atoms with Gasteiger partial charge in [-0.1, -0.05) is 54.1 Å². The first-order valence-corrected chi connectivity index (χ1v) is 7.99. The molecule has 0 amide bonds. The van der Waals surface area contributed by atoms with E-state index in [2.05, 4.69) is 11.1 Å². The second-order valence-corrected chi connectivity index (χ2v) is 6.14. The predicted octanol–water partition coefficient (Wildman–Crippen LogP) is 4.98. The first kappa shape index (κ1) is 15.7. The molecule has 0 radical (unpaired) electrons. The first-order valence-electron chi connectivity index (χ1n) is 7.61. The number of aliphatic hydroxyl groups excluding tert-OH is 1. The molecular weight excluding hydrogens is 306 g/mol. The van der Waals surface area contributed by atoms with Gasteiger partial charge in [-0.15, -0.1) is 0 Å². The molecule has 116 valence electrons. The smallest absolute Gasteiger partial charge is 0.0724 e. The molecule has 0 aliphatic rings. The van der Waals surface area contributed by atoms with E-state index in [1.165, 1.54) is 0 Å². The number of hydrogen-bond acceptors (Lipinski definition) is 2. The van der Waals surface area contributed by atoms with E-state index in [1.54, 1.807) is 6.92 Å². The van der Waals surface area contributed by atoms with Crippen molar-refractivity contribution in [2.75, 3.05) is 0 Å². The lowest BCUT2D eigenvalue weighted by molar-refractivity contribution is 0.195. The predicted molar refractivity (Wildman–Crippen MR) is 97.5 cm³/mol. The number of nitrogens with zero attached hydrogens (tertiary/aromatic N) is 1. The van der Waals surface area contributed by atoms with Crippen molar-refractivity contribution in [1.82, 2.24) is 4.98 Å². The van der Waals surface area contributed by atoms with E-state index in [4.69, 9.17) is 11.6 Å². The average molecular weight is 324 g/mol. The van der Waals surface area contributed by atoms with Crippen LogP contribution in [0.5, 0.6) is 0 Å². The lowest BCUT2D eigenvalue weighted by atomic mass is 10.1. The summed E-state index contributed by atoms with van der Waals surface area (Å²) < 4.78 is 0. The van der Waals surface area contributed by atoms with Crippen LogP contribution in [0.4, 0.5) is 0 Å². The van der Waals surface area contributed by atoms with E-state index >= 15 is 0 Å². The number of rotatable bonds is 4. The largest absolute Gasteiger partial charge is 0.393 e. The Kier molecular flexibility index (Phi) is 4.75. The van der Waals surface area contributed by atoms with Crippen molar-refractivity contribution in [2.24, 2.45) is 0 Å². The Morgan fingerprint density at radius 3 is 2.74 bits per heavy atom. The fourth-order valence-corrected chi connectivity index (χ4v) is 2.71. The molecule has 3 heteroatoms. The summed E-state index contributed by atoms with van der Waals surface area (Å²) >= 11 is 6.02. The topological polar surface area (TPSA) is 33.1 Å². The van der Waals surface area contributed by atoms with Crippen LogP contribution in [0.1, 0.15) is 23.7 Å². The van der Waals surface area contributed by atoms with Gasteiger partial charge in [-0.2, -0.15) is 0 Å². The molecular formula is C20H18ClNO. The quantitative estimate of drug-likeness (QED) is 0.734. The zero-order valence-corrected chi connectivity index (χ0v) is 13.7. The highest BCUT2D eigenvalue weighted by molar-refractivity contribution is 6.31. The van der Waals surface area contributed by atoms with E-state index in [9.17, 15) is 5.11 Å². The Hall–Kier alpha value is -2.16. The molecule has 1 heterocycles. The first-order chi connectivity index (χ1) is 11.1. The second-order valence-electron chi connectivity index (χ2n) is 5.70. The SMILES string of the molecule is CC(O)Cc1cccc(C=Cc2ccc3ccc(Cl)cc3n2)c1. The molecule has 3 aromatic rings. The molecule has 1 aromatic heterocycles. The van der Waals surface area contributed by atoms with E-state index in [1.807, 2.05) is 60.7 Å². The molecule has 0 fully saturated rings. The van der Waals surface area contributed by atoms with Crippen LogP contribution >= 0.6 is 11.6 Å². The molecule has 2 nitrogen and oxygen atoms in total. The van der Waals surface area contributed by atoms with Crippen LogP contribution < -0.4 is 0 Å². The van der Waals surface area contributed by atoms with Gasteiger partial charge in [-0.3, -0.25) is 0 Å². The van der Waals surface area contributed by atoms with E-state index in [-0.39, 0.29) is 6.10 Å². The number of pyridine rings is 1. The lowest BCUT2D eigenvalue weighted by Crippen LogP contribution is -2.03. The summed E-state index contributed by atoms with van der Waals surface area (Å²) in [5.74, 6) is 0. The average Bonchev–Trinajstić information content (AvgIpc) is 2.52. The van der Waals surface area contributed by atoms with Crippen LogP contribution in [0, 0.1) is 0 Å². The standard InChI is InChI=1S/C20H18ClNO/c1-14(23)11-16-4-2-3-15(12-16)5-9-19-10-7-17-6-8-18(21)13-20(17)22-19/h2-10,12-14,23H,11H2,1H3. The summed E-state index contributed by atoms with van der Waals surface area (Å²) in [7, 11) is 0. The maximum Gasteiger partial charge on any atom is 0.0724 e. The van der Waals surface area contributed by atoms with Gasteiger partial charge >= 0.3 is 0 Å². The van der Waals surface area contributed by atoms with Crippen molar-refractivity contribution in [2.45, 2.75) is 19.4 Å². The van der Waals surface area contributed by atoms with Crippen molar-refractivity contribution < 1.29 is 5.11 Å². The van der Waals surface area contributed by atoms with Gasteiger partial charge in [-0.25, -0.2) is 4.98 Å². The fourth-order valence-electron chi connectivity index (χ4n) is 2.55. The summed E-state index contributed by atoms with van der Waals surface area (Å²) in [6, 6.07) is 17.9. The Labute approximate surface area is 141 Å². The maximum atomic E-state index is 9.49. The molecule has 2 aromatic carbocycles. The van der Waals surface area contributed by atoms with Crippen LogP contribution in [0.15, 0.2) is 54.6 Å². The number of aliphatic hydroxyl groups is 1. The zero-order valence-electron chi connectivity index (χ0n) is 12.9. The van der Waals surface area contributed by atoms with Crippen LogP contribution in [0.3, 0.4) is 0 Å². The van der Waals surface area contributed by atoms with Gasteiger partial charge in [-0.05, 0) is 48.7 Å². The molecule has 23 heavy (non-hydrogen) atoms. The second kappa shape index (κ2) is 6.95. The normalized spacial score (nSPS) is 12.8. The highest BCUT2D eigenvalue weighted by Gasteiger charge is 2.00. The minimum absolute atomic E-state index is 0.332. The molecule has 0 saturated heterocycles. The fraction of sp³-hybridized carbons (Fsp3) is 0.150. The Morgan fingerprint density at radius 1 is 1.09 bits per heavy atom. The minimum Gasteiger partial charge on any atom is -0.393 e. The van der Waals surface area contributed by atoms with E-state index in [0.717, 1.165) is 27.7 Å². The van der Waals surface area contributed by atoms with E-state index in [0.29, 0.717) is 11.4 Å². The number of fused-ring (bicyclic) bond motifs is 1. The van der Waals surface area contributed by atoms with Crippen molar-refractivity contribution >= 4 is 34.7 Å². The summed E-state index contributed by atoms with van der Waals surface area (Å²) in [6.07, 6.45) is 4.35. The maximum absolute atomic E-state index is 9.49. The third-order valence-electron chi connectivity index (χ3n) is 3.60. The highest BCUT2D eigenvalue weighted by Crippen LogP contribution is 2.19. The zero-order chi connectivity index (χ0) is 16.2. The van der Waals surface area contributed by atoms with Gasteiger partial charge in [0.1, 0.15) is 0 Å². The number of halogens is 1. The van der Waals surface area contributed by atoms with Crippen molar-refractivity contribution in [1.29, 1.82) is 0 Å². The highest BCUT2D eigenvalue weighted by atomic mass is 35.5. The van der Waals surface area contributed by atoms with Gasteiger partial charge in [0.05, 0.1) is 17.3 Å². The van der Waals surface area contributed by atoms with Crippen LogP contribution in [0.2, 0.25) is 5.02 Å². The monoisotopic (exact) mass is 323 g/mol. The molecule has 3 rings (SSSR count). The molecule has 1 unspecified atom stereocenters. The molecule has 0 aliphatic heterocycles. The van der Waals surface area contributed by atoms with Crippen molar-refractivity contribution in [3.63, 3.8) is 0 Å². The van der Waals surface area contributed by atoms with Crippen LogP contribution in [0.25, 0.3) is 23.1 Å². The third kappa shape index (κ3) is 4.19.